The molecule has 0 unspecified atom stereocenters. The van der Waals surface area contributed by atoms with Gasteiger partial charge in [-0.3, -0.25) is 4.79 Å². The molecule has 1 heterocycles. The van der Waals surface area contributed by atoms with Gasteiger partial charge in [-0.05, 0) is 52.4 Å². The third-order valence-electron chi connectivity index (χ3n) is 5.99. The Hall–Kier alpha value is -2.97. The minimum atomic E-state index is -0.0285. The van der Waals surface area contributed by atoms with Crippen molar-refractivity contribution in [3.8, 4) is 0 Å². The van der Waals surface area contributed by atoms with Crippen molar-refractivity contribution in [3.05, 3.63) is 96.1 Å². The predicted octanol–water partition coefficient (Wildman–Crippen LogP) is 6.88. The summed E-state index contributed by atoms with van der Waals surface area (Å²) in [6.07, 6.45) is 3.46. The molecule has 29 heavy (non-hydrogen) atoms. The topological polar surface area (TPSA) is 26.3 Å². The summed E-state index contributed by atoms with van der Waals surface area (Å²) in [5.74, 6) is 0.166. The Kier molecular flexibility index (Phi) is 4.87. The molecule has 0 aliphatic carbocycles. The summed E-state index contributed by atoms with van der Waals surface area (Å²) in [5, 5.41) is 5.00. The van der Waals surface area contributed by atoms with Gasteiger partial charge in [-0.25, -0.2) is 0 Å². The van der Waals surface area contributed by atoms with Crippen LogP contribution < -0.4 is 0 Å². The molecular formula is C27H24O2. The number of hydrogen-bond donors (Lipinski definition) is 0. The number of benzene rings is 4. The van der Waals surface area contributed by atoms with E-state index in [1.165, 1.54) is 27.1 Å². The van der Waals surface area contributed by atoms with E-state index in [4.69, 9.17) is 4.74 Å². The highest BCUT2D eigenvalue weighted by Crippen LogP contribution is 2.40. The molecule has 5 rings (SSSR count). The molecule has 0 N–H and O–H groups in total. The molecule has 0 aromatic heterocycles. The highest BCUT2D eigenvalue weighted by Gasteiger charge is 2.28. The van der Waals surface area contributed by atoms with E-state index in [-0.39, 0.29) is 18.0 Å². The van der Waals surface area contributed by atoms with Crippen LogP contribution in [0.1, 0.15) is 47.7 Å². The lowest BCUT2D eigenvalue weighted by Gasteiger charge is -2.31. The number of hydrogen-bond acceptors (Lipinski definition) is 2. The van der Waals surface area contributed by atoms with Crippen molar-refractivity contribution in [2.24, 2.45) is 0 Å². The van der Waals surface area contributed by atoms with Gasteiger partial charge in [-0.2, -0.15) is 0 Å². The fraction of sp³-hybridized carbons (Fsp3) is 0.222. The number of carbonyl (C=O) groups excluding carboxylic acids is 1. The van der Waals surface area contributed by atoms with E-state index in [1.807, 2.05) is 30.3 Å². The molecule has 4 aromatic carbocycles. The smallest absolute Gasteiger partial charge is 0.165 e. The number of rotatable bonds is 4. The Labute approximate surface area is 171 Å². The molecule has 144 valence electrons. The lowest BCUT2D eigenvalue weighted by molar-refractivity contribution is -0.0495. The van der Waals surface area contributed by atoms with E-state index < -0.39 is 0 Å². The van der Waals surface area contributed by atoms with Crippen molar-refractivity contribution in [1.82, 2.24) is 0 Å². The van der Waals surface area contributed by atoms with E-state index >= 15 is 0 Å². The standard InChI is InChI=1S/C27H24O2/c28-25(19-9-2-1-3-10-19)18-22-13-8-16-26(29-22)27-23-14-6-4-11-20(23)17-21-12-5-7-15-24(21)27/h1-7,9-12,14-15,17,22,26H,8,13,16,18H2/t22-,26+/m0/s1. The molecule has 1 saturated heterocycles. The summed E-state index contributed by atoms with van der Waals surface area (Å²) in [6, 6.07) is 28.9. The van der Waals surface area contributed by atoms with Crippen LogP contribution in [0.15, 0.2) is 84.9 Å². The average Bonchev–Trinajstić information content (AvgIpc) is 2.78. The number of carbonyl (C=O) groups is 1. The Morgan fingerprint density at radius 1 is 0.793 bits per heavy atom. The summed E-state index contributed by atoms with van der Waals surface area (Å²) >= 11 is 0. The van der Waals surface area contributed by atoms with Gasteiger partial charge in [0.05, 0.1) is 12.2 Å². The monoisotopic (exact) mass is 380 g/mol. The van der Waals surface area contributed by atoms with Crippen LogP contribution in [0.5, 0.6) is 0 Å². The van der Waals surface area contributed by atoms with E-state index in [0.717, 1.165) is 24.8 Å². The SMILES string of the molecule is O=C(C[C@@H]1CCC[C@H](c2c3ccccc3cc3ccccc23)O1)c1ccccc1. The number of fused-ring (bicyclic) bond motifs is 2. The van der Waals surface area contributed by atoms with Gasteiger partial charge >= 0.3 is 0 Å². The first-order chi connectivity index (χ1) is 14.3. The van der Waals surface area contributed by atoms with Gasteiger partial charge in [0.15, 0.2) is 5.78 Å². The molecule has 0 radical (unpaired) electrons. The van der Waals surface area contributed by atoms with Crippen LogP contribution in [-0.4, -0.2) is 11.9 Å². The first-order valence-electron chi connectivity index (χ1n) is 10.4. The molecule has 4 aromatic rings. The van der Waals surface area contributed by atoms with Crippen molar-refractivity contribution < 1.29 is 9.53 Å². The fourth-order valence-electron chi connectivity index (χ4n) is 4.61. The van der Waals surface area contributed by atoms with Crippen LogP contribution in [0.2, 0.25) is 0 Å². The van der Waals surface area contributed by atoms with Crippen LogP contribution in [0.3, 0.4) is 0 Å². The van der Waals surface area contributed by atoms with Gasteiger partial charge < -0.3 is 4.74 Å². The Balaban J connectivity index is 1.49. The van der Waals surface area contributed by atoms with Crippen molar-refractivity contribution in [2.45, 2.75) is 37.9 Å². The molecular weight excluding hydrogens is 356 g/mol. The van der Waals surface area contributed by atoms with Gasteiger partial charge in [-0.1, -0.05) is 78.9 Å². The van der Waals surface area contributed by atoms with E-state index in [9.17, 15) is 4.79 Å². The highest BCUT2D eigenvalue weighted by molar-refractivity contribution is 6.02. The van der Waals surface area contributed by atoms with Crippen LogP contribution >= 0.6 is 0 Å². The molecule has 0 amide bonds. The normalized spacial score (nSPS) is 19.4. The molecule has 1 aliphatic rings. The number of Topliss-reactive ketones (excluding diaryl/α,β-unsaturated/α-hetero) is 1. The van der Waals surface area contributed by atoms with Gasteiger partial charge in [-0.15, -0.1) is 0 Å². The zero-order valence-corrected chi connectivity index (χ0v) is 16.4. The Bertz CT molecular complexity index is 1110. The first-order valence-corrected chi connectivity index (χ1v) is 10.4. The van der Waals surface area contributed by atoms with Crippen LogP contribution in [0, 0.1) is 0 Å². The molecule has 1 fully saturated rings. The maximum Gasteiger partial charge on any atom is 0.165 e. The van der Waals surface area contributed by atoms with Crippen molar-refractivity contribution in [3.63, 3.8) is 0 Å². The third kappa shape index (κ3) is 3.56. The summed E-state index contributed by atoms with van der Waals surface area (Å²) in [7, 11) is 0. The van der Waals surface area contributed by atoms with E-state index in [1.54, 1.807) is 0 Å². The highest BCUT2D eigenvalue weighted by atomic mass is 16.5. The minimum Gasteiger partial charge on any atom is -0.370 e. The second-order valence-electron chi connectivity index (χ2n) is 7.90. The van der Waals surface area contributed by atoms with Crippen molar-refractivity contribution in [2.75, 3.05) is 0 Å². The lowest BCUT2D eigenvalue weighted by atomic mass is 9.89. The number of ether oxygens (including phenoxy) is 1. The summed E-state index contributed by atoms with van der Waals surface area (Å²) in [4.78, 5) is 12.7. The van der Waals surface area contributed by atoms with Crippen molar-refractivity contribution in [1.29, 1.82) is 0 Å². The maximum atomic E-state index is 12.7. The molecule has 0 spiro atoms. The van der Waals surface area contributed by atoms with Gasteiger partial charge in [0.2, 0.25) is 0 Å². The molecule has 0 bridgehead atoms. The first kappa shape index (κ1) is 18.1. The van der Waals surface area contributed by atoms with Crippen LogP contribution in [0.25, 0.3) is 21.5 Å². The third-order valence-corrected chi connectivity index (χ3v) is 5.99. The van der Waals surface area contributed by atoms with E-state index in [0.29, 0.717) is 6.42 Å². The molecule has 2 heteroatoms. The van der Waals surface area contributed by atoms with Crippen LogP contribution in [0.4, 0.5) is 0 Å². The largest absolute Gasteiger partial charge is 0.370 e. The van der Waals surface area contributed by atoms with Crippen molar-refractivity contribution >= 4 is 27.3 Å². The maximum absolute atomic E-state index is 12.7. The van der Waals surface area contributed by atoms with E-state index in [2.05, 4.69) is 54.6 Å². The Morgan fingerprint density at radius 2 is 1.41 bits per heavy atom. The second-order valence-corrected chi connectivity index (χ2v) is 7.90. The summed E-state index contributed by atoms with van der Waals surface area (Å²) < 4.78 is 6.56. The molecule has 2 atom stereocenters. The molecule has 0 saturated carbocycles. The molecule has 1 aliphatic heterocycles. The van der Waals surface area contributed by atoms with Crippen LogP contribution in [-0.2, 0) is 4.74 Å². The zero-order chi connectivity index (χ0) is 19.6. The molecule has 2 nitrogen and oxygen atoms in total. The lowest BCUT2D eigenvalue weighted by Crippen LogP contribution is -2.25. The zero-order valence-electron chi connectivity index (χ0n) is 16.4. The summed E-state index contributed by atoms with van der Waals surface area (Å²) in [5.41, 5.74) is 2.05. The summed E-state index contributed by atoms with van der Waals surface area (Å²) in [6.45, 7) is 0. The second kappa shape index (κ2) is 7.81. The average molecular weight is 380 g/mol. The number of ketones is 1. The Morgan fingerprint density at radius 3 is 2.10 bits per heavy atom. The van der Waals surface area contributed by atoms with Gasteiger partial charge in [0.25, 0.3) is 0 Å². The predicted molar refractivity (Wildman–Crippen MR) is 118 cm³/mol. The van der Waals surface area contributed by atoms with Gasteiger partial charge in [0.1, 0.15) is 0 Å². The van der Waals surface area contributed by atoms with Gasteiger partial charge in [0, 0.05) is 12.0 Å². The quantitative estimate of drug-likeness (QED) is 0.285. The minimum absolute atomic E-state index is 0.0216. The fourth-order valence-corrected chi connectivity index (χ4v) is 4.61.